The van der Waals surface area contributed by atoms with Crippen molar-refractivity contribution in [2.75, 3.05) is 27.9 Å². The van der Waals surface area contributed by atoms with Gasteiger partial charge in [-0.2, -0.15) is 21.7 Å². The highest BCUT2D eigenvalue weighted by molar-refractivity contribution is 8.00. The van der Waals surface area contributed by atoms with Gasteiger partial charge in [-0.05, 0) is 185 Å². The lowest BCUT2D eigenvalue weighted by molar-refractivity contribution is -0.140. The van der Waals surface area contributed by atoms with Crippen LogP contribution >= 0.6 is 11.8 Å². The number of amides is 4. The number of benzene rings is 2. The first kappa shape index (κ1) is 92.2. The minimum absolute atomic E-state index is 0.0229. The molecular formula is C88H126N16O13S. The molecule has 642 valence electrons. The molecule has 5 fully saturated rings. The summed E-state index contributed by atoms with van der Waals surface area (Å²) in [7, 11) is 0. The number of hydrogen-bond donors (Lipinski definition) is 12. The van der Waals surface area contributed by atoms with Crippen LogP contribution in [0.3, 0.4) is 0 Å². The smallest absolute Gasteiger partial charge is 0.326 e. The number of H-pyrrole nitrogens is 2. The SMILES string of the molecule is CC(C)C(=O)C(CCC(=O)O)NC(=O)c1ccc(NCc2cnc3nc(N)[nH]c(=O)c3n2)cc1.CC(C)C(=O)CCC(NC(=O)c1ccc(NCc2cnc3nc(N)[nH]c(=O)c3n2)cc1)C(=O)O.CC(C)C(=O)CCCCC1SCC2NC(=O)NC21.CC(C)CCC[C@H](C)[C@]1(C)CC[C@@H]2[C@@H]3CC=C4CC(OC(C)C)CC[C@]4(C)[C@@H]3CC[C@@]21C. The van der Waals surface area contributed by atoms with Crippen LogP contribution in [0.1, 0.15) is 251 Å². The number of unbranched alkanes of at least 4 members (excludes halogenated alkanes) is 1. The number of aromatic amines is 2. The number of rotatable bonds is 33. The monoisotopic (exact) mass is 1650 g/mol. The average Bonchev–Trinajstić information content (AvgIpc) is 1.45. The molecule has 30 heteroatoms. The van der Waals surface area contributed by atoms with Crippen molar-refractivity contribution in [1.29, 1.82) is 0 Å². The third-order valence-electron chi connectivity index (χ3n) is 25.4. The van der Waals surface area contributed by atoms with Crippen LogP contribution in [0.5, 0.6) is 0 Å². The van der Waals surface area contributed by atoms with Gasteiger partial charge in [-0.25, -0.2) is 29.5 Å². The third-order valence-corrected chi connectivity index (χ3v) is 27.0. The van der Waals surface area contributed by atoms with E-state index in [9.17, 15) is 53.1 Å². The Morgan fingerprint density at radius 1 is 0.610 bits per heavy atom. The number of fused-ring (bicyclic) bond motifs is 8. The molecule has 3 saturated carbocycles. The van der Waals surface area contributed by atoms with Crippen molar-refractivity contribution < 1.29 is 53.3 Å². The Kier molecular flexibility index (Phi) is 32.3. The molecule has 4 amide bonds. The van der Waals surface area contributed by atoms with E-state index in [0.29, 0.717) is 86.3 Å². The van der Waals surface area contributed by atoms with Gasteiger partial charge in [-0.15, -0.1) is 0 Å². The summed E-state index contributed by atoms with van der Waals surface area (Å²) < 4.78 is 6.27. The number of Topliss-reactive ketones (excluding diaryl/α,β-unsaturated/α-hetero) is 3. The zero-order valence-corrected chi connectivity index (χ0v) is 72.0. The Hall–Kier alpha value is -9.71. The lowest BCUT2D eigenvalue weighted by Gasteiger charge is -2.60. The number of aliphatic carboxylic acids is 2. The summed E-state index contributed by atoms with van der Waals surface area (Å²) in [5, 5.41) is 36.0. The molecule has 29 nitrogen and oxygen atoms in total. The van der Waals surface area contributed by atoms with E-state index in [1.807, 2.05) is 25.6 Å². The summed E-state index contributed by atoms with van der Waals surface area (Å²) in [5.41, 5.74) is 16.7. The number of nitrogen functional groups attached to an aromatic ring is 2. The van der Waals surface area contributed by atoms with E-state index < -0.39 is 47.0 Å². The van der Waals surface area contributed by atoms with Gasteiger partial charge in [-0.1, -0.05) is 120 Å². The molecule has 6 aliphatic rings. The van der Waals surface area contributed by atoms with Gasteiger partial charge in [0.05, 0.1) is 67.2 Å². The Bertz CT molecular complexity index is 4670. The number of ether oxygens (including phenoxy) is 1. The number of anilines is 4. The number of nitrogens with zero attached hydrogens (tertiary/aromatic N) is 6. The number of carboxylic acids is 2. The van der Waals surface area contributed by atoms with Gasteiger partial charge in [0.1, 0.15) is 17.6 Å². The van der Waals surface area contributed by atoms with Crippen molar-refractivity contribution in [3.05, 3.63) is 116 Å². The second-order valence-electron chi connectivity index (χ2n) is 35.3. The summed E-state index contributed by atoms with van der Waals surface area (Å²) in [6.07, 6.45) is 25.6. The molecule has 2 aliphatic heterocycles. The largest absolute Gasteiger partial charge is 0.481 e. The predicted molar refractivity (Wildman–Crippen MR) is 460 cm³/mol. The zero-order chi connectivity index (χ0) is 86.1. The van der Waals surface area contributed by atoms with Crippen molar-refractivity contribution in [2.24, 2.45) is 63.6 Å². The van der Waals surface area contributed by atoms with Crippen LogP contribution in [0.4, 0.5) is 28.1 Å². The summed E-state index contributed by atoms with van der Waals surface area (Å²) in [4.78, 5) is 147. The lowest BCUT2D eigenvalue weighted by Crippen LogP contribution is -2.53. The van der Waals surface area contributed by atoms with Crippen molar-refractivity contribution in [3.8, 4) is 0 Å². The van der Waals surface area contributed by atoms with Gasteiger partial charge in [0, 0.05) is 70.5 Å². The number of thioether (sulfide) groups is 1. The number of carbonyl (C=O) groups is 8. The Balaban J connectivity index is 0.000000183. The molecule has 4 aliphatic carbocycles. The Morgan fingerprint density at radius 3 is 1.68 bits per heavy atom. The predicted octanol–water partition coefficient (Wildman–Crippen LogP) is 13.3. The van der Waals surface area contributed by atoms with Gasteiger partial charge in [0.25, 0.3) is 22.9 Å². The molecule has 4 aromatic heterocycles. The van der Waals surface area contributed by atoms with Crippen LogP contribution in [0.2, 0.25) is 0 Å². The number of ketones is 3. The average molecular weight is 1650 g/mol. The molecule has 0 bridgehead atoms. The van der Waals surface area contributed by atoms with Crippen molar-refractivity contribution in [2.45, 2.75) is 274 Å². The highest BCUT2D eigenvalue weighted by atomic mass is 32.2. The van der Waals surface area contributed by atoms with Crippen molar-refractivity contribution in [1.82, 2.24) is 61.1 Å². The quantitative estimate of drug-likeness (QED) is 0.0103. The number of nitrogens with two attached hydrogens (primary N) is 2. The molecule has 12 rings (SSSR count). The van der Waals surface area contributed by atoms with Crippen LogP contribution in [0.25, 0.3) is 22.3 Å². The van der Waals surface area contributed by atoms with E-state index in [1.54, 1.807) is 81.8 Å². The van der Waals surface area contributed by atoms with Crippen LogP contribution in [-0.4, -0.2) is 145 Å². The molecule has 13 atom stereocenters. The maximum atomic E-state index is 12.6. The molecule has 0 radical (unpaired) electrons. The van der Waals surface area contributed by atoms with Gasteiger partial charge < -0.3 is 58.3 Å². The maximum Gasteiger partial charge on any atom is 0.326 e. The van der Waals surface area contributed by atoms with E-state index in [2.05, 4.69) is 133 Å². The highest BCUT2D eigenvalue weighted by Gasteiger charge is 2.63. The molecule has 0 spiro atoms. The zero-order valence-electron chi connectivity index (χ0n) is 71.2. The molecule has 2 saturated heterocycles. The lowest BCUT2D eigenvalue weighted by atomic mass is 9.44. The fourth-order valence-corrected chi connectivity index (χ4v) is 19.8. The number of aromatic nitrogens is 8. The first-order chi connectivity index (χ1) is 55.9. The van der Waals surface area contributed by atoms with Gasteiger partial charge in [0.15, 0.2) is 28.1 Å². The van der Waals surface area contributed by atoms with Crippen molar-refractivity contribution in [3.63, 3.8) is 0 Å². The summed E-state index contributed by atoms with van der Waals surface area (Å²) in [6, 6.07) is 11.4. The van der Waals surface area contributed by atoms with E-state index in [0.717, 1.165) is 54.6 Å². The molecule has 118 heavy (non-hydrogen) atoms. The number of allylic oxidation sites excluding steroid dienone is 1. The van der Waals surface area contributed by atoms with E-state index in [1.165, 1.54) is 83.0 Å². The topological polar surface area (TPSA) is 454 Å². The number of carbonyl (C=O) groups excluding carboxylic acids is 6. The number of hydrogen-bond acceptors (Lipinski definition) is 22. The number of urea groups is 1. The fraction of sp³-hybridized carbons (Fsp3) is 0.614. The highest BCUT2D eigenvalue weighted by Crippen LogP contribution is 2.71. The Morgan fingerprint density at radius 2 is 1.15 bits per heavy atom. The standard InChI is InChI=1S/C31H54O.2C22H25N7O5.C13H22N2O2S/c1-21(2)10-9-11-23(5)30(7)18-16-28-26-13-12-24-20-25(32-22(3)4)14-17-29(24,6)27(26)15-19-31(28,30)8;1-11(2)18(32)15(7-8-16(30)31)27-20(33)12-3-5-13(6-4-12)24-9-14-10-25-19-17(26-14)21(34)29-22(23)28-19;1-11(2)16(30)8-7-15(21(33)34)27-19(31)12-3-5-13(6-4-12)24-9-14-10-25-18-17(26-14)20(32)29-22(23)28-18;1-8(2)10(16)5-3-4-6-11-12-9(7-18-11)14-13(17)15-12/h12,21-23,25-28H,9-11,13-20H2,1-8H3;3-6,10-11,15,24H,7-9H2,1-2H3,(H,27,33)(H,30,31)(H3,23,25,28,29,34);3-6,10-11,15,24H,7-9H2,1-2H3,(H,27,31)(H,33,34)(H3,23,25,28,29,32);8-9,11-12H,3-7H2,1-2H3,(H2,14,15,17)/t23-,25?,26+,27+,28+,29-,30-,31-;;;/m0.../s1. The second kappa shape index (κ2) is 41.3. The molecular weight excluding hydrogens is 1520 g/mol. The number of carboxylic acid groups (broad SMARTS) is 2. The summed E-state index contributed by atoms with van der Waals surface area (Å²) in [6.45, 7) is 31.2. The summed E-state index contributed by atoms with van der Waals surface area (Å²) >= 11 is 1.94. The van der Waals surface area contributed by atoms with Crippen LogP contribution in [0.15, 0.2) is 82.2 Å². The molecule has 14 N–H and O–H groups in total. The Labute approximate surface area is 696 Å². The maximum absolute atomic E-state index is 12.6. The third kappa shape index (κ3) is 23.8. The molecule has 2 aromatic carbocycles. The minimum Gasteiger partial charge on any atom is -0.481 e. The first-order valence-electron chi connectivity index (χ1n) is 42.3. The van der Waals surface area contributed by atoms with Crippen LogP contribution < -0.4 is 54.5 Å². The van der Waals surface area contributed by atoms with E-state index >= 15 is 0 Å². The molecule has 6 aromatic rings. The van der Waals surface area contributed by atoms with Crippen molar-refractivity contribution >= 4 is 104 Å². The van der Waals surface area contributed by atoms with Gasteiger partial charge in [0.2, 0.25) is 11.9 Å². The minimum atomic E-state index is -1.20. The first-order valence-corrected chi connectivity index (χ1v) is 43.3. The van der Waals surface area contributed by atoms with Crippen LogP contribution in [-0.2, 0) is 41.8 Å². The second-order valence-corrected chi connectivity index (χ2v) is 36.6. The normalized spacial score (nSPS) is 23.6. The number of nitrogens with one attached hydrogen (secondary N) is 8. The summed E-state index contributed by atoms with van der Waals surface area (Å²) in [5.74, 6) is 1.89. The van der Waals surface area contributed by atoms with Crippen LogP contribution in [0, 0.1) is 63.6 Å². The van der Waals surface area contributed by atoms with E-state index in [-0.39, 0.29) is 114 Å². The van der Waals surface area contributed by atoms with Gasteiger partial charge in [-0.3, -0.25) is 48.3 Å². The van der Waals surface area contributed by atoms with E-state index in [4.69, 9.17) is 21.3 Å². The molecule has 6 unspecified atom stereocenters. The fourth-order valence-electron chi connectivity index (χ4n) is 18.2. The molecule has 6 heterocycles. The van der Waals surface area contributed by atoms with Gasteiger partial charge >= 0.3 is 18.0 Å².